The third kappa shape index (κ3) is 5.14. The highest BCUT2D eigenvalue weighted by Gasteiger charge is 2.25. The number of amides is 1. The molecule has 2 heterocycles. The smallest absolute Gasteiger partial charge is 0.224 e. The molecule has 3 rings (SSSR count). The summed E-state index contributed by atoms with van der Waals surface area (Å²) in [4.78, 5) is 15.9. The molecule has 0 radical (unpaired) electrons. The zero-order chi connectivity index (χ0) is 16.6. The standard InChI is InChI=1S/C19H24N2O2S/c22-19(20-10-13-24-18-8-2-1-3-9-18)16-6-4-11-21(14-16)15-17-7-5-12-23-17/h1-3,5,7-9,12,16H,4,6,10-11,13-15H2,(H,20,22)/t16-/m0/s1. The maximum atomic E-state index is 12.4. The second-order valence-electron chi connectivity index (χ2n) is 6.11. The average molecular weight is 344 g/mol. The minimum Gasteiger partial charge on any atom is -0.468 e. The summed E-state index contributed by atoms with van der Waals surface area (Å²) in [5.74, 6) is 2.15. The number of thioether (sulfide) groups is 1. The Morgan fingerprint density at radius 1 is 1.25 bits per heavy atom. The Morgan fingerprint density at radius 2 is 2.12 bits per heavy atom. The van der Waals surface area contributed by atoms with Crippen molar-refractivity contribution in [2.75, 3.05) is 25.4 Å². The van der Waals surface area contributed by atoms with E-state index in [4.69, 9.17) is 4.42 Å². The van der Waals surface area contributed by atoms with E-state index in [1.165, 1.54) is 4.90 Å². The highest BCUT2D eigenvalue weighted by atomic mass is 32.2. The van der Waals surface area contributed by atoms with Crippen LogP contribution in [0.15, 0.2) is 58.0 Å². The number of hydrogen-bond donors (Lipinski definition) is 1. The Morgan fingerprint density at radius 3 is 2.92 bits per heavy atom. The Kier molecular flexibility index (Phi) is 6.38. The summed E-state index contributed by atoms with van der Waals surface area (Å²) < 4.78 is 5.41. The van der Waals surface area contributed by atoms with Crippen molar-refractivity contribution in [1.82, 2.24) is 10.2 Å². The average Bonchev–Trinajstić information content (AvgIpc) is 3.13. The molecule has 0 bridgehead atoms. The van der Waals surface area contributed by atoms with Gasteiger partial charge in [-0.3, -0.25) is 9.69 Å². The number of carbonyl (C=O) groups is 1. The van der Waals surface area contributed by atoms with Crippen LogP contribution in [0.2, 0.25) is 0 Å². The first-order valence-corrected chi connectivity index (χ1v) is 9.50. The predicted molar refractivity (Wildman–Crippen MR) is 96.9 cm³/mol. The molecule has 5 heteroatoms. The summed E-state index contributed by atoms with van der Waals surface area (Å²) in [5, 5.41) is 3.09. The molecule has 0 spiro atoms. The summed E-state index contributed by atoms with van der Waals surface area (Å²) in [6.45, 7) is 3.36. The molecule has 1 amide bonds. The highest BCUT2D eigenvalue weighted by molar-refractivity contribution is 7.99. The van der Waals surface area contributed by atoms with Gasteiger partial charge in [-0.05, 0) is 43.7 Å². The van der Waals surface area contributed by atoms with Gasteiger partial charge in [0.05, 0.1) is 18.7 Å². The van der Waals surface area contributed by atoms with Crippen molar-refractivity contribution in [3.8, 4) is 0 Å². The maximum Gasteiger partial charge on any atom is 0.224 e. The summed E-state index contributed by atoms with van der Waals surface area (Å²) in [7, 11) is 0. The quantitative estimate of drug-likeness (QED) is 0.618. The molecule has 0 aliphatic carbocycles. The van der Waals surface area contributed by atoms with Crippen molar-refractivity contribution < 1.29 is 9.21 Å². The molecular formula is C19H24N2O2S. The summed E-state index contributed by atoms with van der Waals surface area (Å²) >= 11 is 1.77. The fourth-order valence-electron chi connectivity index (χ4n) is 3.04. The van der Waals surface area contributed by atoms with Crippen molar-refractivity contribution in [2.24, 2.45) is 5.92 Å². The molecule has 128 valence electrons. The van der Waals surface area contributed by atoms with Gasteiger partial charge in [0.2, 0.25) is 5.91 Å². The van der Waals surface area contributed by atoms with Crippen LogP contribution in [0.1, 0.15) is 18.6 Å². The molecule has 0 unspecified atom stereocenters. The van der Waals surface area contributed by atoms with Gasteiger partial charge in [-0.25, -0.2) is 0 Å². The Labute approximate surface area is 147 Å². The SMILES string of the molecule is O=C(NCCSc1ccccc1)[C@H]1CCCN(Cc2ccco2)C1. The van der Waals surface area contributed by atoms with E-state index >= 15 is 0 Å². The summed E-state index contributed by atoms with van der Waals surface area (Å²) in [6, 6.07) is 14.2. The Balaban J connectivity index is 1.38. The first kappa shape index (κ1) is 17.1. The molecule has 24 heavy (non-hydrogen) atoms. The number of furan rings is 1. The van der Waals surface area contributed by atoms with E-state index in [9.17, 15) is 4.79 Å². The normalized spacial score (nSPS) is 18.4. The van der Waals surface area contributed by atoms with Gasteiger partial charge in [-0.2, -0.15) is 0 Å². The predicted octanol–water partition coefficient (Wildman–Crippen LogP) is 3.40. The van der Waals surface area contributed by atoms with Crippen molar-refractivity contribution in [3.05, 3.63) is 54.5 Å². The second kappa shape index (κ2) is 8.94. The van der Waals surface area contributed by atoms with Crippen LogP contribution < -0.4 is 5.32 Å². The molecule has 1 saturated heterocycles. The van der Waals surface area contributed by atoms with E-state index in [1.54, 1.807) is 18.0 Å². The van der Waals surface area contributed by atoms with Gasteiger partial charge in [0.1, 0.15) is 5.76 Å². The first-order valence-electron chi connectivity index (χ1n) is 8.51. The monoisotopic (exact) mass is 344 g/mol. The van der Waals surface area contributed by atoms with E-state index in [1.807, 2.05) is 30.3 Å². The lowest BCUT2D eigenvalue weighted by atomic mass is 9.97. The third-order valence-electron chi connectivity index (χ3n) is 4.25. The third-order valence-corrected chi connectivity index (χ3v) is 5.26. The Bertz CT molecular complexity index is 616. The number of hydrogen-bond acceptors (Lipinski definition) is 4. The van der Waals surface area contributed by atoms with Crippen molar-refractivity contribution >= 4 is 17.7 Å². The van der Waals surface area contributed by atoms with Gasteiger partial charge in [-0.15, -0.1) is 11.8 Å². The molecule has 0 saturated carbocycles. The van der Waals surface area contributed by atoms with Crippen LogP contribution >= 0.6 is 11.8 Å². The lowest BCUT2D eigenvalue weighted by molar-refractivity contribution is -0.126. The van der Waals surface area contributed by atoms with Gasteiger partial charge in [0, 0.05) is 23.7 Å². The van der Waals surface area contributed by atoms with Crippen LogP contribution in [0.3, 0.4) is 0 Å². The fourth-order valence-corrected chi connectivity index (χ4v) is 3.83. The fraction of sp³-hybridized carbons (Fsp3) is 0.421. The molecule has 1 aliphatic heterocycles. The molecule has 1 aromatic heterocycles. The number of piperidine rings is 1. The molecule has 4 nitrogen and oxygen atoms in total. The first-order chi connectivity index (χ1) is 11.8. The van der Waals surface area contributed by atoms with Crippen LogP contribution in [0.5, 0.6) is 0 Å². The molecule has 1 fully saturated rings. The van der Waals surface area contributed by atoms with Crippen LogP contribution in [0.4, 0.5) is 0 Å². The molecular weight excluding hydrogens is 320 g/mol. The zero-order valence-corrected chi connectivity index (χ0v) is 14.6. The number of likely N-dealkylation sites (tertiary alicyclic amines) is 1. The van der Waals surface area contributed by atoms with Gasteiger partial charge < -0.3 is 9.73 Å². The summed E-state index contributed by atoms with van der Waals surface area (Å²) in [6.07, 6.45) is 3.75. The molecule has 2 aromatic rings. The van der Waals surface area contributed by atoms with Crippen LogP contribution in [-0.4, -0.2) is 36.2 Å². The number of benzene rings is 1. The minimum atomic E-state index is 0.0930. The second-order valence-corrected chi connectivity index (χ2v) is 7.27. The van der Waals surface area contributed by atoms with E-state index in [0.29, 0.717) is 6.54 Å². The van der Waals surface area contributed by atoms with Crippen molar-refractivity contribution in [1.29, 1.82) is 0 Å². The molecule has 1 atom stereocenters. The maximum absolute atomic E-state index is 12.4. The van der Waals surface area contributed by atoms with Gasteiger partial charge in [-0.1, -0.05) is 18.2 Å². The van der Waals surface area contributed by atoms with Crippen LogP contribution in [0, 0.1) is 5.92 Å². The van der Waals surface area contributed by atoms with E-state index < -0.39 is 0 Å². The number of carbonyl (C=O) groups excluding carboxylic acids is 1. The lowest BCUT2D eigenvalue weighted by Gasteiger charge is -2.31. The summed E-state index contributed by atoms with van der Waals surface area (Å²) in [5.41, 5.74) is 0. The molecule has 1 aromatic carbocycles. The molecule has 1 N–H and O–H groups in total. The van der Waals surface area contributed by atoms with Gasteiger partial charge in [0.15, 0.2) is 0 Å². The molecule has 1 aliphatic rings. The van der Waals surface area contributed by atoms with E-state index in [2.05, 4.69) is 22.3 Å². The van der Waals surface area contributed by atoms with Gasteiger partial charge in [0.25, 0.3) is 0 Å². The van der Waals surface area contributed by atoms with Crippen molar-refractivity contribution in [3.63, 3.8) is 0 Å². The number of rotatable bonds is 7. The van der Waals surface area contributed by atoms with Gasteiger partial charge >= 0.3 is 0 Å². The van der Waals surface area contributed by atoms with E-state index in [-0.39, 0.29) is 11.8 Å². The highest BCUT2D eigenvalue weighted by Crippen LogP contribution is 2.19. The van der Waals surface area contributed by atoms with Crippen molar-refractivity contribution in [2.45, 2.75) is 24.3 Å². The van der Waals surface area contributed by atoms with Crippen LogP contribution in [-0.2, 0) is 11.3 Å². The Hall–Kier alpha value is -1.72. The minimum absolute atomic E-state index is 0.0930. The number of nitrogens with zero attached hydrogens (tertiary/aromatic N) is 1. The van der Waals surface area contributed by atoms with Crippen LogP contribution in [0.25, 0.3) is 0 Å². The largest absolute Gasteiger partial charge is 0.468 e. The topological polar surface area (TPSA) is 45.5 Å². The number of nitrogens with one attached hydrogen (secondary N) is 1. The van der Waals surface area contributed by atoms with E-state index in [0.717, 1.165) is 44.0 Å². The lowest BCUT2D eigenvalue weighted by Crippen LogP contribution is -2.43. The zero-order valence-electron chi connectivity index (χ0n) is 13.8.